The highest BCUT2D eigenvalue weighted by molar-refractivity contribution is 5.29. The number of benzene rings is 1. The van der Waals surface area contributed by atoms with Gasteiger partial charge < -0.3 is 9.84 Å². The van der Waals surface area contributed by atoms with E-state index in [0.717, 1.165) is 0 Å². The number of aliphatic hydroxyl groups excluding tert-OH is 1. The summed E-state index contributed by atoms with van der Waals surface area (Å²) >= 11 is 0. The fraction of sp³-hybridized carbons (Fsp3) is 0.538. The van der Waals surface area contributed by atoms with Gasteiger partial charge in [0.1, 0.15) is 11.6 Å². The Balaban J connectivity index is 0. The van der Waals surface area contributed by atoms with Crippen molar-refractivity contribution in [2.24, 2.45) is 0 Å². The van der Waals surface area contributed by atoms with Crippen LogP contribution in [0, 0.1) is 5.82 Å². The lowest BCUT2D eigenvalue weighted by Crippen LogP contribution is -1.94. The zero-order valence-corrected chi connectivity index (χ0v) is 10.9. The maximum atomic E-state index is 12.7. The Morgan fingerprint density at radius 2 is 1.69 bits per heavy atom. The van der Waals surface area contributed by atoms with E-state index in [2.05, 4.69) is 0 Å². The first kappa shape index (κ1) is 17.3. The average Bonchev–Trinajstić information content (AvgIpc) is 2.34. The summed E-state index contributed by atoms with van der Waals surface area (Å²) in [5.74, 6) is 0.0755. The summed E-state index contributed by atoms with van der Waals surface area (Å²) in [4.78, 5) is 0. The van der Waals surface area contributed by atoms with Crippen LogP contribution in [0.4, 0.5) is 4.39 Å². The molecule has 2 nitrogen and oxygen atoms in total. The first-order chi connectivity index (χ1) is 7.76. The molecule has 1 rings (SSSR count). The maximum Gasteiger partial charge on any atom is 0.127 e. The van der Waals surface area contributed by atoms with Crippen LogP contribution in [0.15, 0.2) is 18.2 Å². The number of halogens is 1. The van der Waals surface area contributed by atoms with Gasteiger partial charge in [0.2, 0.25) is 0 Å². The second-order valence-electron chi connectivity index (χ2n) is 2.39. The molecule has 0 saturated heterocycles. The fourth-order valence-electron chi connectivity index (χ4n) is 0.962. The first-order valence-corrected chi connectivity index (χ1v) is 5.79. The van der Waals surface area contributed by atoms with Crippen molar-refractivity contribution in [3.63, 3.8) is 0 Å². The number of ether oxygens (including phenoxy) is 1. The van der Waals surface area contributed by atoms with Crippen molar-refractivity contribution >= 4 is 0 Å². The zero-order valence-electron chi connectivity index (χ0n) is 10.9. The van der Waals surface area contributed by atoms with Gasteiger partial charge in [-0.3, -0.25) is 0 Å². The molecule has 0 aliphatic rings. The lowest BCUT2D eigenvalue weighted by molar-refractivity contribution is 0.279. The molecule has 3 heteroatoms. The SMILES string of the molecule is CC.CC.CCOc1cc(F)cc(CO)c1. The Kier molecular flexibility index (Phi) is 13.0. The van der Waals surface area contributed by atoms with Gasteiger partial charge >= 0.3 is 0 Å². The van der Waals surface area contributed by atoms with E-state index in [1.165, 1.54) is 12.1 Å². The molecule has 0 saturated carbocycles. The van der Waals surface area contributed by atoms with Crippen LogP contribution >= 0.6 is 0 Å². The summed E-state index contributed by atoms with van der Waals surface area (Å²) in [6.45, 7) is 10.1. The molecule has 1 aromatic rings. The standard InChI is InChI=1S/C9H11FO2.2C2H6/c1-2-12-9-4-7(6-11)3-8(10)5-9;2*1-2/h3-5,11H,2,6H2,1H3;2*1-2H3. The summed E-state index contributed by atoms with van der Waals surface area (Å²) < 4.78 is 17.8. The second kappa shape index (κ2) is 12.0. The van der Waals surface area contributed by atoms with Crippen molar-refractivity contribution < 1.29 is 14.2 Å². The van der Waals surface area contributed by atoms with Crippen molar-refractivity contribution in [1.82, 2.24) is 0 Å². The van der Waals surface area contributed by atoms with E-state index >= 15 is 0 Å². The topological polar surface area (TPSA) is 29.5 Å². The lowest BCUT2D eigenvalue weighted by Gasteiger charge is -2.04. The summed E-state index contributed by atoms with van der Waals surface area (Å²) in [5, 5.41) is 8.73. The highest BCUT2D eigenvalue weighted by atomic mass is 19.1. The molecule has 0 atom stereocenters. The molecule has 0 unspecified atom stereocenters. The lowest BCUT2D eigenvalue weighted by atomic mass is 10.2. The van der Waals surface area contributed by atoms with Gasteiger partial charge in [0.25, 0.3) is 0 Å². The Labute approximate surface area is 98.1 Å². The molecule has 94 valence electrons. The van der Waals surface area contributed by atoms with E-state index in [-0.39, 0.29) is 12.4 Å². The molecule has 0 aliphatic carbocycles. The normalized spacial score (nSPS) is 8.19. The van der Waals surface area contributed by atoms with E-state index in [1.807, 2.05) is 34.6 Å². The van der Waals surface area contributed by atoms with Crippen LogP contribution < -0.4 is 4.74 Å². The molecule has 0 spiro atoms. The first-order valence-electron chi connectivity index (χ1n) is 5.79. The predicted molar refractivity (Wildman–Crippen MR) is 66.2 cm³/mol. The summed E-state index contributed by atoms with van der Waals surface area (Å²) in [6, 6.07) is 4.19. The Bertz CT molecular complexity index is 262. The Morgan fingerprint density at radius 1 is 1.12 bits per heavy atom. The number of aliphatic hydroxyl groups is 1. The van der Waals surface area contributed by atoms with Crippen LogP contribution in [-0.4, -0.2) is 11.7 Å². The molecule has 0 fully saturated rings. The maximum absolute atomic E-state index is 12.7. The minimum atomic E-state index is -0.384. The smallest absolute Gasteiger partial charge is 0.127 e. The molecule has 0 heterocycles. The van der Waals surface area contributed by atoms with Gasteiger partial charge in [-0.15, -0.1) is 0 Å². The Morgan fingerprint density at radius 3 is 2.12 bits per heavy atom. The van der Waals surface area contributed by atoms with Crippen molar-refractivity contribution in [2.75, 3.05) is 6.61 Å². The highest BCUT2D eigenvalue weighted by Gasteiger charge is 1.99. The third-order valence-electron chi connectivity index (χ3n) is 1.42. The van der Waals surface area contributed by atoms with Gasteiger partial charge in [0, 0.05) is 6.07 Å². The van der Waals surface area contributed by atoms with Crippen LogP contribution in [-0.2, 0) is 6.61 Å². The van der Waals surface area contributed by atoms with Crippen LogP contribution in [0.25, 0.3) is 0 Å². The minimum Gasteiger partial charge on any atom is -0.494 e. The van der Waals surface area contributed by atoms with E-state index < -0.39 is 0 Å². The highest BCUT2D eigenvalue weighted by Crippen LogP contribution is 2.16. The molecular weight excluding hydrogens is 207 g/mol. The molecule has 0 bridgehead atoms. The number of rotatable bonds is 3. The third-order valence-corrected chi connectivity index (χ3v) is 1.42. The third kappa shape index (κ3) is 7.23. The second-order valence-corrected chi connectivity index (χ2v) is 2.39. The van der Waals surface area contributed by atoms with Crippen molar-refractivity contribution in [3.8, 4) is 5.75 Å². The van der Waals surface area contributed by atoms with Crippen LogP contribution in [0.2, 0.25) is 0 Å². The largest absolute Gasteiger partial charge is 0.494 e. The van der Waals surface area contributed by atoms with Gasteiger partial charge in [-0.05, 0) is 24.6 Å². The predicted octanol–water partition coefficient (Wildman–Crippen LogP) is 3.77. The molecule has 1 aromatic carbocycles. The molecule has 0 aromatic heterocycles. The average molecular weight is 230 g/mol. The van der Waals surface area contributed by atoms with E-state index in [0.29, 0.717) is 17.9 Å². The van der Waals surface area contributed by atoms with E-state index in [9.17, 15) is 4.39 Å². The van der Waals surface area contributed by atoms with Crippen LogP contribution in [0.1, 0.15) is 40.2 Å². The van der Waals surface area contributed by atoms with Crippen molar-refractivity contribution in [2.45, 2.75) is 41.2 Å². The van der Waals surface area contributed by atoms with Gasteiger partial charge in [-0.1, -0.05) is 27.7 Å². The van der Waals surface area contributed by atoms with Crippen LogP contribution in [0.3, 0.4) is 0 Å². The molecular formula is C13H23FO2. The minimum absolute atomic E-state index is 0.169. The number of hydrogen-bond donors (Lipinski definition) is 1. The van der Waals surface area contributed by atoms with E-state index in [4.69, 9.17) is 9.84 Å². The quantitative estimate of drug-likeness (QED) is 0.856. The van der Waals surface area contributed by atoms with Gasteiger partial charge in [0.05, 0.1) is 13.2 Å². The molecule has 1 N–H and O–H groups in total. The van der Waals surface area contributed by atoms with Gasteiger partial charge in [-0.2, -0.15) is 0 Å². The molecule has 0 aliphatic heterocycles. The molecule has 16 heavy (non-hydrogen) atoms. The monoisotopic (exact) mass is 230 g/mol. The summed E-state index contributed by atoms with van der Waals surface area (Å²) in [7, 11) is 0. The number of hydrogen-bond acceptors (Lipinski definition) is 2. The summed E-state index contributed by atoms with van der Waals surface area (Å²) in [5.41, 5.74) is 0.526. The Hall–Kier alpha value is -1.09. The van der Waals surface area contributed by atoms with Gasteiger partial charge in [-0.25, -0.2) is 4.39 Å². The molecule has 0 amide bonds. The van der Waals surface area contributed by atoms with Crippen LogP contribution in [0.5, 0.6) is 5.75 Å². The van der Waals surface area contributed by atoms with Gasteiger partial charge in [0.15, 0.2) is 0 Å². The summed E-state index contributed by atoms with van der Waals surface area (Å²) in [6.07, 6.45) is 0. The fourth-order valence-corrected chi connectivity index (χ4v) is 0.962. The van der Waals surface area contributed by atoms with Crippen molar-refractivity contribution in [3.05, 3.63) is 29.6 Å². The van der Waals surface area contributed by atoms with E-state index in [1.54, 1.807) is 6.07 Å². The molecule has 0 radical (unpaired) electrons. The van der Waals surface area contributed by atoms with Crippen molar-refractivity contribution in [1.29, 1.82) is 0 Å². The zero-order chi connectivity index (χ0) is 13.0.